The Morgan fingerprint density at radius 2 is 2.06 bits per heavy atom. The van der Waals surface area contributed by atoms with E-state index in [9.17, 15) is 8.42 Å². The Labute approximate surface area is 115 Å². The highest BCUT2D eigenvalue weighted by atomic mass is 79.9. The van der Waals surface area contributed by atoms with Crippen LogP contribution in [0.2, 0.25) is 0 Å². The van der Waals surface area contributed by atoms with Crippen LogP contribution in [0, 0.1) is 0 Å². The lowest BCUT2D eigenvalue weighted by atomic mass is 10.3. The third-order valence-corrected chi connectivity index (χ3v) is 5.84. The average molecular weight is 338 g/mol. The quantitative estimate of drug-likeness (QED) is 0.640. The molecule has 1 rings (SSSR count). The molecule has 17 heavy (non-hydrogen) atoms. The molecular weight excluding hydrogens is 322 g/mol. The van der Waals surface area contributed by atoms with E-state index in [1.165, 1.54) is 11.8 Å². The molecule has 0 aliphatic rings. The van der Waals surface area contributed by atoms with Crippen LogP contribution in [-0.2, 0) is 9.84 Å². The van der Waals surface area contributed by atoms with Gasteiger partial charge in [0.15, 0.2) is 9.84 Å². The number of anilines is 1. The van der Waals surface area contributed by atoms with Crippen LogP contribution in [0.4, 0.5) is 5.69 Å². The minimum atomic E-state index is -2.89. The summed E-state index contributed by atoms with van der Waals surface area (Å²) >= 11 is 4.82. The molecule has 0 heterocycles. The first-order valence-corrected chi connectivity index (χ1v) is 8.93. The summed E-state index contributed by atoms with van der Waals surface area (Å²) in [6, 6.07) is 5.62. The molecule has 0 bridgehead atoms. The number of rotatable bonds is 6. The van der Waals surface area contributed by atoms with E-state index >= 15 is 0 Å². The van der Waals surface area contributed by atoms with Gasteiger partial charge in [0.05, 0.1) is 5.75 Å². The second kappa shape index (κ2) is 6.66. The molecule has 0 amide bonds. The van der Waals surface area contributed by atoms with Gasteiger partial charge in [0.25, 0.3) is 0 Å². The van der Waals surface area contributed by atoms with Crippen molar-refractivity contribution in [2.75, 3.05) is 23.0 Å². The van der Waals surface area contributed by atoms with E-state index in [0.717, 1.165) is 9.37 Å². The molecular formula is C11H16BrNO2S2. The highest BCUT2D eigenvalue weighted by molar-refractivity contribution is 9.10. The normalized spacial score (nSPS) is 11.6. The molecule has 0 saturated heterocycles. The summed E-state index contributed by atoms with van der Waals surface area (Å²) in [5.74, 6) is 1.03. The first kappa shape index (κ1) is 14.9. The molecule has 0 aliphatic heterocycles. The van der Waals surface area contributed by atoms with Gasteiger partial charge in [-0.25, -0.2) is 8.42 Å². The SMILES string of the molecule is CCCS(=O)(=O)CCSc1ccc(Br)cc1N. The predicted octanol–water partition coefficient (Wildman–Crippen LogP) is 2.95. The first-order valence-electron chi connectivity index (χ1n) is 5.33. The molecule has 0 fully saturated rings. The summed E-state index contributed by atoms with van der Waals surface area (Å²) in [4.78, 5) is 0.930. The number of benzene rings is 1. The Balaban J connectivity index is 2.51. The number of nitrogens with two attached hydrogens (primary N) is 1. The first-order chi connectivity index (χ1) is 7.94. The van der Waals surface area contributed by atoms with E-state index in [4.69, 9.17) is 5.73 Å². The van der Waals surface area contributed by atoms with Crippen molar-refractivity contribution in [2.45, 2.75) is 18.2 Å². The fourth-order valence-corrected chi connectivity index (χ4v) is 4.51. The van der Waals surface area contributed by atoms with Crippen molar-refractivity contribution in [3.8, 4) is 0 Å². The van der Waals surface area contributed by atoms with Crippen molar-refractivity contribution in [3.63, 3.8) is 0 Å². The molecule has 0 aromatic heterocycles. The van der Waals surface area contributed by atoms with Crippen molar-refractivity contribution < 1.29 is 8.42 Å². The number of sulfone groups is 1. The molecule has 96 valence electrons. The zero-order valence-electron chi connectivity index (χ0n) is 9.65. The molecule has 3 nitrogen and oxygen atoms in total. The lowest BCUT2D eigenvalue weighted by Gasteiger charge is -2.06. The van der Waals surface area contributed by atoms with Crippen LogP contribution in [0.15, 0.2) is 27.6 Å². The van der Waals surface area contributed by atoms with E-state index in [-0.39, 0.29) is 11.5 Å². The van der Waals surface area contributed by atoms with Crippen LogP contribution < -0.4 is 5.73 Å². The van der Waals surface area contributed by atoms with Gasteiger partial charge in [-0.1, -0.05) is 22.9 Å². The maximum absolute atomic E-state index is 11.5. The summed E-state index contributed by atoms with van der Waals surface area (Å²) < 4.78 is 23.9. The molecule has 0 saturated carbocycles. The van der Waals surface area contributed by atoms with E-state index in [2.05, 4.69) is 15.9 Å². The van der Waals surface area contributed by atoms with Crippen LogP contribution in [0.3, 0.4) is 0 Å². The maximum atomic E-state index is 11.5. The fourth-order valence-electron chi connectivity index (χ4n) is 1.34. The van der Waals surface area contributed by atoms with Gasteiger partial charge in [-0.2, -0.15) is 0 Å². The second-order valence-electron chi connectivity index (χ2n) is 3.68. The molecule has 0 unspecified atom stereocenters. The molecule has 1 aromatic rings. The zero-order chi connectivity index (χ0) is 12.9. The minimum absolute atomic E-state index is 0.209. The molecule has 0 spiro atoms. The Bertz CT molecular complexity index is 474. The number of halogens is 1. The van der Waals surface area contributed by atoms with Crippen molar-refractivity contribution >= 4 is 43.2 Å². The van der Waals surface area contributed by atoms with E-state index < -0.39 is 9.84 Å². The smallest absolute Gasteiger partial charge is 0.151 e. The van der Waals surface area contributed by atoms with E-state index in [0.29, 0.717) is 17.9 Å². The van der Waals surface area contributed by atoms with Crippen molar-refractivity contribution in [1.82, 2.24) is 0 Å². The van der Waals surface area contributed by atoms with Gasteiger partial charge in [0, 0.05) is 26.6 Å². The second-order valence-corrected chi connectivity index (χ2v) is 8.04. The van der Waals surface area contributed by atoms with Crippen molar-refractivity contribution in [1.29, 1.82) is 0 Å². The summed E-state index contributed by atoms with van der Waals surface area (Å²) in [6.45, 7) is 1.87. The standard InChI is InChI=1S/C11H16BrNO2S2/c1-2-6-17(14,15)7-5-16-11-4-3-9(12)8-10(11)13/h3-4,8H,2,5-7,13H2,1H3. The van der Waals surface area contributed by atoms with Gasteiger partial charge in [0.2, 0.25) is 0 Å². The van der Waals surface area contributed by atoms with Gasteiger partial charge < -0.3 is 5.73 Å². The molecule has 2 N–H and O–H groups in total. The number of hydrogen-bond donors (Lipinski definition) is 1. The Kier molecular flexibility index (Phi) is 5.82. The van der Waals surface area contributed by atoms with Gasteiger partial charge >= 0.3 is 0 Å². The van der Waals surface area contributed by atoms with Crippen LogP contribution in [0.25, 0.3) is 0 Å². The maximum Gasteiger partial charge on any atom is 0.151 e. The zero-order valence-corrected chi connectivity index (χ0v) is 12.9. The Hall–Kier alpha value is -0.200. The van der Waals surface area contributed by atoms with Gasteiger partial charge in [-0.15, -0.1) is 11.8 Å². The number of hydrogen-bond acceptors (Lipinski definition) is 4. The molecule has 0 atom stereocenters. The molecule has 0 aliphatic carbocycles. The van der Waals surface area contributed by atoms with Gasteiger partial charge in [-0.05, 0) is 24.6 Å². The predicted molar refractivity (Wildman–Crippen MR) is 78.2 cm³/mol. The highest BCUT2D eigenvalue weighted by Gasteiger charge is 2.09. The fraction of sp³-hybridized carbons (Fsp3) is 0.455. The molecule has 6 heteroatoms. The van der Waals surface area contributed by atoms with Gasteiger partial charge in [-0.3, -0.25) is 0 Å². The van der Waals surface area contributed by atoms with E-state index in [1.54, 1.807) is 0 Å². The van der Waals surface area contributed by atoms with Crippen molar-refractivity contribution in [2.24, 2.45) is 0 Å². The molecule has 0 radical (unpaired) electrons. The largest absolute Gasteiger partial charge is 0.398 e. The third kappa shape index (κ3) is 5.31. The topological polar surface area (TPSA) is 60.2 Å². The molecule has 1 aromatic carbocycles. The number of thioether (sulfide) groups is 1. The Morgan fingerprint density at radius 3 is 2.65 bits per heavy atom. The van der Waals surface area contributed by atoms with Crippen molar-refractivity contribution in [3.05, 3.63) is 22.7 Å². The minimum Gasteiger partial charge on any atom is -0.398 e. The van der Waals surface area contributed by atoms with E-state index in [1.807, 2.05) is 25.1 Å². The summed E-state index contributed by atoms with van der Waals surface area (Å²) in [5.41, 5.74) is 6.51. The van der Waals surface area contributed by atoms with Crippen LogP contribution in [0.5, 0.6) is 0 Å². The monoisotopic (exact) mass is 337 g/mol. The summed E-state index contributed by atoms with van der Waals surface area (Å²) in [7, 11) is -2.89. The third-order valence-electron chi connectivity index (χ3n) is 2.14. The van der Waals surface area contributed by atoms with Crippen LogP contribution in [-0.4, -0.2) is 25.7 Å². The highest BCUT2D eigenvalue weighted by Crippen LogP contribution is 2.27. The summed E-state index contributed by atoms with van der Waals surface area (Å²) in [6.07, 6.45) is 0.674. The number of nitrogen functional groups attached to an aromatic ring is 1. The van der Waals surface area contributed by atoms with Gasteiger partial charge in [0.1, 0.15) is 0 Å². The average Bonchev–Trinajstić information content (AvgIpc) is 2.21. The Morgan fingerprint density at radius 1 is 1.35 bits per heavy atom. The summed E-state index contributed by atoms with van der Waals surface area (Å²) in [5, 5.41) is 0. The lowest BCUT2D eigenvalue weighted by molar-refractivity contribution is 0.596. The lowest BCUT2D eigenvalue weighted by Crippen LogP contribution is -2.12. The van der Waals surface area contributed by atoms with Crippen LogP contribution in [0.1, 0.15) is 13.3 Å². The van der Waals surface area contributed by atoms with Crippen LogP contribution >= 0.6 is 27.7 Å².